The number of nitrogens with one attached hydrogen (secondary N) is 1. The minimum atomic E-state index is -0.194. The molecular weight excluding hydrogens is 354 g/mol. The van der Waals surface area contributed by atoms with Crippen molar-refractivity contribution in [2.45, 2.75) is 19.0 Å². The fourth-order valence-corrected chi connectivity index (χ4v) is 4.06. The standard InChI is InChI=1S/C17H15N5OS2/c1-9-10(2)25-16-14(9)15(19)21-17(22-16)24-8-13(23)20-12-5-3-4-11(6-12)7-18/h3-6H,8H2,1-2H3,(H,20,23)(H2,19,21,22). The van der Waals surface area contributed by atoms with Crippen LogP contribution in [-0.4, -0.2) is 21.6 Å². The van der Waals surface area contributed by atoms with Crippen LogP contribution in [0.5, 0.6) is 0 Å². The number of nitrogen functional groups attached to an aromatic ring is 1. The maximum absolute atomic E-state index is 12.1. The summed E-state index contributed by atoms with van der Waals surface area (Å²) in [4.78, 5) is 22.9. The van der Waals surface area contributed by atoms with Gasteiger partial charge in [0.25, 0.3) is 0 Å². The molecule has 25 heavy (non-hydrogen) atoms. The zero-order valence-electron chi connectivity index (χ0n) is 13.7. The number of hydrogen-bond acceptors (Lipinski definition) is 7. The van der Waals surface area contributed by atoms with Gasteiger partial charge in [-0.2, -0.15) is 5.26 Å². The van der Waals surface area contributed by atoms with Crippen molar-refractivity contribution in [3.05, 3.63) is 40.3 Å². The Balaban J connectivity index is 1.70. The lowest BCUT2D eigenvalue weighted by molar-refractivity contribution is -0.113. The van der Waals surface area contributed by atoms with E-state index in [2.05, 4.69) is 15.3 Å². The first kappa shape index (κ1) is 17.2. The van der Waals surface area contributed by atoms with Crippen LogP contribution in [0.2, 0.25) is 0 Å². The van der Waals surface area contributed by atoms with Gasteiger partial charge in [0.1, 0.15) is 10.6 Å². The third kappa shape index (κ3) is 3.73. The number of amides is 1. The van der Waals surface area contributed by atoms with Crippen LogP contribution >= 0.6 is 23.1 Å². The first-order chi connectivity index (χ1) is 12.0. The van der Waals surface area contributed by atoms with Gasteiger partial charge in [0.15, 0.2) is 5.16 Å². The molecule has 0 aliphatic rings. The quantitative estimate of drug-likeness (QED) is 0.539. The van der Waals surface area contributed by atoms with Crippen LogP contribution in [0.1, 0.15) is 16.0 Å². The summed E-state index contributed by atoms with van der Waals surface area (Å²) in [6.45, 7) is 4.03. The summed E-state index contributed by atoms with van der Waals surface area (Å²) >= 11 is 2.80. The minimum absolute atomic E-state index is 0.158. The Labute approximate surface area is 153 Å². The number of carbonyl (C=O) groups excluding carboxylic acids is 1. The number of thioether (sulfide) groups is 1. The number of carbonyl (C=O) groups is 1. The van der Waals surface area contributed by atoms with Crippen LogP contribution in [0.25, 0.3) is 10.2 Å². The molecule has 8 heteroatoms. The monoisotopic (exact) mass is 369 g/mol. The van der Waals surface area contributed by atoms with E-state index in [4.69, 9.17) is 11.0 Å². The van der Waals surface area contributed by atoms with Crippen LogP contribution < -0.4 is 11.1 Å². The van der Waals surface area contributed by atoms with E-state index in [1.165, 1.54) is 11.8 Å². The summed E-state index contributed by atoms with van der Waals surface area (Å²) < 4.78 is 0. The van der Waals surface area contributed by atoms with E-state index in [0.29, 0.717) is 22.2 Å². The van der Waals surface area contributed by atoms with Crippen molar-refractivity contribution in [1.82, 2.24) is 9.97 Å². The topological polar surface area (TPSA) is 105 Å². The fraction of sp³-hybridized carbons (Fsp3) is 0.176. The number of anilines is 2. The predicted octanol–water partition coefficient (Wildman–Crippen LogP) is 3.49. The average Bonchev–Trinajstić information content (AvgIpc) is 2.88. The van der Waals surface area contributed by atoms with Gasteiger partial charge in [0, 0.05) is 10.6 Å². The van der Waals surface area contributed by atoms with Crippen LogP contribution in [0.3, 0.4) is 0 Å². The number of hydrogen-bond donors (Lipinski definition) is 2. The molecule has 0 saturated carbocycles. The van der Waals surface area contributed by atoms with E-state index < -0.39 is 0 Å². The molecule has 0 radical (unpaired) electrons. The summed E-state index contributed by atoms with van der Waals surface area (Å²) in [5.41, 5.74) is 8.23. The summed E-state index contributed by atoms with van der Waals surface area (Å²) in [7, 11) is 0. The zero-order chi connectivity index (χ0) is 18.0. The first-order valence-electron chi connectivity index (χ1n) is 7.44. The Morgan fingerprint density at radius 3 is 2.96 bits per heavy atom. The molecule has 1 aromatic carbocycles. The number of benzene rings is 1. The third-order valence-corrected chi connectivity index (χ3v) is 5.59. The highest BCUT2D eigenvalue weighted by atomic mass is 32.2. The highest BCUT2D eigenvalue weighted by molar-refractivity contribution is 7.99. The molecule has 0 saturated heterocycles. The lowest BCUT2D eigenvalue weighted by Gasteiger charge is -2.05. The van der Waals surface area contributed by atoms with E-state index in [0.717, 1.165) is 20.7 Å². The molecule has 0 spiro atoms. The minimum Gasteiger partial charge on any atom is -0.383 e. The number of thiophene rings is 1. The largest absolute Gasteiger partial charge is 0.383 e. The Kier molecular flexibility index (Phi) is 4.88. The lowest BCUT2D eigenvalue weighted by atomic mass is 10.2. The van der Waals surface area contributed by atoms with Crippen LogP contribution in [-0.2, 0) is 4.79 Å². The number of nitriles is 1. The molecule has 3 N–H and O–H groups in total. The van der Waals surface area contributed by atoms with E-state index >= 15 is 0 Å². The molecule has 2 heterocycles. The van der Waals surface area contributed by atoms with Crippen LogP contribution in [0.15, 0.2) is 29.4 Å². The molecule has 0 aliphatic carbocycles. The smallest absolute Gasteiger partial charge is 0.234 e. The van der Waals surface area contributed by atoms with Gasteiger partial charge >= 0.3 is 0 Å². The Morgan fingerprint density at radius 2 is 2.20 bits per heavy atom. The molecule has 6 nitrogen and oxygen atoms in total. The Bertz CT molecular complexity index is 1010. The lowest BCUT2D eigenvalue weighted by Crippen LogP contribution is -2.14. The van der Waals surface area contributed by atoms with Gasteiger partial charge in [-0.3, -0.25) is 4.79 Å². The van der Waals surface area contributed by atoms with E-state index in [-0.39, 0.29) is 11.7 Å². The summed E-state index contributed by atoms with van der Waals surface area (Å²) in [5.74, 6) is 0.405. The number of rotatable bonds is 4. The van der Waals surface area contributed by atoms with Gasteiger partial charge in [0.2, 0.25) is 5.91 Å². The normalized spacial score (nSPS) is 10.6. The van der Waals surface area contributed by atoms with Gasteiger partial charge < -0.3 is 11.1 Å². The van der Waals surface area contributed by atoms with Crippen molar-refractivity contribution in [3.8, 4) is 6.07 Å². The maximum atomic E-state index is 12.1. The van der Waals surface area contributed by atoms with E-state index in [9.17, 15) is 4.79 Å². The number of aromatic nitrogens is 2. The third-order valence-electron chi connectivity index (χ3n) is 3.64. The SMILES string of the molecule is Cc1sc2nc(SCC(=O)Nc3cccc(C#N)c3)nc(N)c2c1C. The van der Waals surface area contributed by atoms with Crippen molar-refractivity contribution in [2.75, 3.05) is 16.8 Å². The number of aryl methyl sites for hydroxylation is 2. The van der Waals surface area contributed by atoms with Crippen molar-refractivity contribution >= 4 is 50.7 Å². The van der Waals surface area contributed by atoms with Crippen LogP contribution in [0, 0.1) is 25.2 Å². The molecule has 0 aliphatic heterocycles. The maximum Gasteiger partial charge on any atom is 0.234 e. The molecule has 1 amide bonds. The summed E-state index contributed by atoms with van der Waals surface area (Å²) in [6.07, 6.45) is 0. The van der Waals surface area contributed by atoms with Gasteiger partial charge in [0.05, 0.1) is 22.8 Å². The van der Waals surface area contributed by atoms with Crippen molar-refractivity contribution in [1.29, 1.82) is 5.26 Å². The second-order valence-corrected chi connectivity index (χ2v) is 7.53. The van der Waals surface area contributed by atoms with Crippen molar-refractivity contribution < 1.29 is 4.79 Å². The number of fused-ring (bicyclic) bond motifs is 1. The van der Waals surface area contributed by atoms with Crippen LogP contribution in [0.4, 0.5) is 11.5 Å². The first-order valence-corrected chi connectivity index (χ1v) is 9.24. The highest BCUT2D eigenvalue weighted by Gasteiger charge is 2.14. The summed E-state index contributed by atoms with van der Waals surface area (Å²) in [5, 5.41) is 13.0. The number of nitrogens with two attached hydrogens (primary N) is 1. The highest BCUT2D eigenvalue weighted by Crippen LogP contribution is 2.33. The fourth-order valence-electron chi connectivity index (χ4n) is 2.32. The molecule has 0 atom stereocenters. The van der Waals surface area contributed by atoms with Crippen molar-refractivity contribution in [3.63, 3.8) is 0 Å². The molecule has 0 unspecified atom stereocenters. The predicted molar refractivity (Wildman–Crippen MR) is 102 cm³/mol. The second kappa shape index (κ2) is 7.09. The molecular formula is C17H15N5OS2. The van der Waals surface area contributed by atoms with Gasteiger partial charge in [-0.15, -0.1) is 11.3 Å². The van der Waals surface area contributed by atoms with Gasteiger partial charge in [-0.1, -0.05) is 17.8 Å². The number of nitrogens with zero attached hydrogens (tertiary/aromatic N) is 3. The summed E-state index contributed by atoms with van der Waals surface area (Å²) in [6, 6.07) is 8.81. The molecule has 0 bridgehead atoms. The molecule has 0 fully saturated rings. The van der Waals surface area contributed by atoms with E-state index in [1.807, 2.05) is 19.9 Å². The molecule has 3 rings (SSSR count). The van der Waals surface area contributed by atoms with Gasteiger partial charge in [-0.25, -0.2) is 9.97 Å². The molecule has 3 aromatic rings. The van der Waals surface area contributed by atoms with Gasteiger partial charge in [-0.05, 0) is 37.6 Å². The zero-order valence-corrected chi connectivity index (χ0v) is 15.3. The second-order valence-electron chi connectivity index (χ2n) is 5.38. The molecule has 126 valence electrons. The molecule has 2 aromatic heterocycles. The average molecular weight is 369 g/mol. The van der Waals surface area contributed by atoms with E-state index in [1.54, 1.807) is 35.6 Å². The Morgan fingerprint density at radius 1 is 1.40 bits per heavy atom. The Hall–Kier alpha value is -2.63. The van der Waals surface area contributed by atoms with Crippen molar-refractivity contribution in [2.24, 2.45) is 0 Å².